The maximum absolute atomic E-state index is 10.9. The van der Waals surface area contributed by atoms with Crippen LogP contribution in [0.25, 0.3) is 0 Å². The molecule has 4 heteroatoms. The van der Waals surface area contributed by atoms with Gasteiger partial charge in [-0.15, -0.1) is 0 Å². The first-order valence-electron chi connectivity index (χ1n) is 6.00. The van der Waals surface area contributed by atoms with E-state index >= 15 is 0 Å². The van der Waals surface area contributed by atoms with Crippen LogP contribution in [0.5, 0.6) is 0 Å². The monoisotopic (exact) mass is 223 g/mol. The van der Waals surface area contributed by atoms with Gasteiger partial charge in [0.15, 0.2) is 0 Å². The minimum absolute atomic E-state index is 0.580. The zero-order valence-electron chi connectivity index (χ0n) is 9.26. The number of ether oxygens (including phenoxy) is 1. The fraction of sp³-hybridized carbons (Fsp3) is 0.750. The summed E-state index contributed by atoms with van der Waals surface area (Å²) in [6.45, 7) is 3.07. The fourth-order valence-electron chi connectivity index (χ4n) is 3.37. The number of hydrogen-bond donors (Lipinski definition) is 1. The Labute approximate surface area is 94.9 Å². The van der Waals surface area contributed by atoms with Gasteiger partial charge >= 0.3 is 6.09 Å². The van der Waals surface area contributed by atoms with Crippen molar-refractivity contribution in [1.82, 2.24) is 4.90 Å². The second-order valence-electron chi connectivity index (χ2n) is 5.08. The Hall–Kier alpha value is -1.03. The molecule has 1 N–H and O–H groups in total. The van der Waals surface area contributed by atoms with Crippen LogP contribution in [0.3, 0.4) is 0 Å². The number of allylic oxidation sites excluding steroid dienone is 1. The fourth-order valence-corrected chi connectivity index (χ4v) is 3.37. The van der Waals surface area contributed by atoms with Crippen molar-refractivity contribution < 1.29 is 14.6 Å². The second-order valence-corrected chi connectivity index (χ2v) is 5.08. The Morgan fingerprint density at radius 2 is 2.38 bits per heavy atom. The van der Waals surface area contributed by atoms with Crippen molar-refractivity contribution in [3.05, 3.63) is 11.6 Å². The average Bonchev–Trinajstić information content (AvgIpc) is 2.76. The summed E-state index contributed by atoms with van der Waals surface area (Å²) in [5, 5.41) is 8.99. The summed E-state index contributed by atoms with van der Waals surface area (Å²) in [5.41, 5.74) is 1.33. The van der Waals surface area contributed by atoms with Crippen molar-refractivity contribution in [2.24, 2.45) is 17.8 Å². The number of piperidine rings is 1. The Morgan fingerprint density at radius 1 is 1.50 bits per heavy atom. The zero-order chi connectivity index (χ0) is 11.1. The summed E-state index contributed by atoms with van der Waals surface area (Å²) in [4.78, 5) is 12.5. The highest BCUT2D eigenvalue weighted by Crippen LogP contribution is 2.42. The van der Waals surface area contributed by atoms with Crippen molar-refractivity contribution in [1.29, 1.82) is 0 Å². The molecular formula is C12H17NO3. The quantitative estimate of drug-likeness (QED) is 0.634. The number of nitrogens with zero attached hydrogens (tertiary/aromatic N) is 1. The first-order chi connectivity index (χ1) is 7.75. The summed E-state index contributed by atoms with van der Waals surface area (Å²) in [7, 11) is 0. The standard InChI is InChI=1S/C12H17NO3/c14-12(15)13-4-3-10-8(5-13)1-2-9-6-16-7-11(9)10/h1,9-11H,2-7H2,(H,14,15). The molecule has 3 rings (SSSR count). The van der Waals surface area contributed by atoms with E-state index in [1.165, 1.54) is 10.5 Å². The first-order valence-corrected chi connectivity index (χ1v) is 6.00. The molecule has 88 valence electrons. The Balaban J connectivity index is 1.78. The van der Waals surface area contributed by atoms with E-state index in [0.29, 0.717) is 30.8 Å². The van der Waals surface area contributed by atoms with Crippen LogP contribution in [0.15, 0.2) is 11.6 Å². The maximum atomic E-state index is 10.9. The Bertz CT molecular complexity index is 339. The smallest absolute Gasteiger partial charge is 0.407 e. The summed E-state index contributed by atoms with van der Waals surface area (Å²) in [6, 6.07) is 0. The molecule has 0 spiro atoms. The molecule has 3 unspecified atom stereocenters. The minimum atomic E-state index is -0.788. The minimum Gasteiger partial charge on any atom is -0.465 e. The lowest BCUT2D eigenvalue weighted by molar-refractivity contribution is 0.123. The van der Waals surface area contributed by atoms with Crippen molar-refractivity contribution >= 4 is 6.09 Å². The second kappa shape index (κ2) is 3.77. The zero-order valence-corrected chi connectivity index (χ0v) is 9.26. The molecule has 0 aromatic heterocycles. The van der Waals surface area contributed by atoms with Gasteiger partial charge in [-0.1, -0.05) is 11.6 Å². The lowest BCUT2D eigenvalue weighted by Gasteiger charge is -2.40. The summed E-state index contributed by atoms with van der Waals surface area (Å²) >= 11 is 0. The lowest BCUT2D eigenvalue weighted by Crippen LogP contribution is -2.43. The van der Waals surface area contributed by atoms with Crippen molar-refractivity contribution in [3.63, 3.8) is 0 Å². The number of amides is 1. The molecule has 0 bridgehead atoms. The highest BCUT2D eigenvalue weighted by molar-refractivity contribution is 5.65. The van der Waals surface area contributed by atoms with Gasteiger partial charge in [-0.2, -0.15) is 0 Å². The van der Waals surface area contributed by atoms with Gasteiger partial charge < -0.3 is 14.7 Å². The summed E-state index contributed by atoms with van der Waals surface area (Å²) in [5.74, 6) is 1.91. The largest absolute Gasteiger partial charge is 0.465 e. The molecule has 2 aliphatic heterocycles. The molecule has 0 aromatic carbocycles. The van der Waals surface area contributed by atoms with Crippen LogP contribution in [0.4, 0.5) is 4.79 Å². The van der Waals surface area contributed by atoms with Crippen LogP contribution in [-0.4, -0.2) is 42.4 Å². The third-order valence-electron chi connectivity index (χ3n) is 4.28. The van der Waals surface area contributed by atoms with Crippen LogP contribution in [-0.2, 0) is 4.74 Å². The predicted molar refractivity (Wildman–Crippen MR) is 58.2 cm³/mol. The summed E-state index contributed by atoms with van der Waals surface area (Å²) in [6.07, 6.45) is 3.52. The molecule has 2 saturated heterocycles. The van der Waals surface area contributed by atoms with Gasteiger partial charge in [-0.25, -0.2) is 4.79 Å². The molecule has 1 aliphatic carbocycles. The third-order valence-corrected chi connectivity index (χ3v) is 4.28. The molecule has 3 aliphatic rings. The maximum Gasteiger partial charge on any atom is 0.407 e. The van der Waals surface area contributed by atoms with Crippen LogP contribution >= 0.6 is 0 Å². The number of fused-ring (bicyclic) bond motifs is 3. The van der Waals surface area contributed by atoms with Crippen LogP contribution in [0.2, 0.25) is 0 Å². The van der Waals surface area contributed by atoms with Crippen molar-refractivity contribution in [3.8, 4) is 0 Å². The topological polar surface area (TPSA) is 49.8 Å². The normalized spacial score (nSPS) is 37.6. The van der Waals surface area contributed by atoms with E-state index in [9.17, 15) is 4.79 Å². The van der Waals surface area contributed by atoms with E-state index in [1.54, 1.807) is 0 Å². The Kier molecular flexibility index (Phi) is 2.39. The summed E-state index contributed by atoms with van der Waals surface area (Å²) < 4.78 is 5.55. The number of carbonyl (C=O) groups is 1. The van der Waals surface area contributed by atoms with Gasteiger partial charge in [0, 0.05) is 13.1 Å². The van der Waals surface area contributed by atoms with Crippen LogP contribution < -0.4 is 0 Å². The number of likely N-dealkylation sites (tertiary alicyclic amines) is 1. The highest BCUT2D eigenvalue weighted by Gasteiger charge is 2.41. The first kappa shape index (κ1) is 10.1. The number of hydrogen-bond acceptors (Lipinski definition) is 2. The molecule has 0 aromatic rings. The Morgan fingerprint density at radius 3 is 3.19 bits per heavy atom. The van der Waals surface area contributed by atoms with Crippen molar-refractivity contribution in [2.75, 3.05) is 26.3 Å². The van der Waals surface area contributed by atoms with Crippen LogP contribution in [0, 0.1) is 17.8 Å². The predicted octanol–water partition coefficient (Wildman–Crippen LogP) is 1.58. The van der Waals surface area contributed by atoms with E-state index in [0.717, 1.165) is 26.1 Å². The average molecular weight is 223 g/mol. The molecule has 2 fully saturated rings. The van der Waals surface area contributed by atoms with Gasteiger partial charge in [0.1, 0.15) is 0 Å². The van der Waals surface area contributed by atoms with Gasteiger partial charge in [0.05, 0.1) is 13.2 Å². The molecular weight excluding hydrogens is 206 g/mol. The van der Waals surface area contributed by atoms with E-state index in [-0.39, 0.29) is 0 Å². The van der Waals surface area contributed by atoms with Gasteiger partial charge in [-0.3, -0.25) is 0 Å². The van der Waals surface area contributed by atoms with Gasteiger partial charge in [0.2, 0.25) is 0 Å². The SMILES string of the molecule is O=C(O)N1CCC2C(=CCC3COCC32)C1. The molecule has 4 nitrogen and oxygen atoms in total. The molecule has 0 saturated carbocycles. The van der Waals surface area contributed by atoms with E-state index in [2.05, 4.69) is 6.08 Å². The van der Waals surface area contributed by atoms with E-state index < -0.39 is 6.09 Å². The number of rotatable bonds is 0. The lowest BCUT2D eigenvalue weighted by atomic mass is 9.71. The van der Waals surface area contributed by atoms with E-state index in [4.69, 9.17) is 9.84 Å². The van der Waals surface area contributed by atoms with E-state index in [1.807, 2.05) is 0 Å². The number of carboxylic acid groups (broad SMARTS) is 1. The molecule has 16 heavy (non-hydrogen) atoms. The van der Waals surface area contributed by atoms with Crippen LogP contribution in [0.1, 0.15) is 12.8 Å². The molecule has 3 atom stereocenters. The van der Waals surface area contributed by atoms with Gasteiger partial charge in [-0.05, 0) is 30.6 Å². The van der Waals surface area contributed by atoms with Gasteiger partial charge in [0.25, 0.3) is 0 Å². The molecule has 1 amide bonds. The third kappa shape index (κ3) is 1.52. The molecule has 2 heterocycles. The highest BCUT2D eigenvalue weighted by atomic mass is 16.5. The molecule has 0 radical (unpaired) electrons. The van der Waals surface area contributed by atoms with Crippen molar-refractivity contribution in [2.45, 2.75) is 12.8 Å².